The second kappa shape index (κ2) is 9.41. The fourth-order valence-electron chi connectivity index (χ4n) is 4.56. The monoisotopic (exact) mass is 387 g/mol. The molecule has 2 aliphatic heterocycles. The summed E-state index contributed by atoms with van der Waals surface area (Å²) >= 11 is 0. The van der Waals surface area contributed by atoms with Crippen LogP contribution in [0.1, 0.15) is 50.6 Å². The molecule has 0 spiro atoms. The van der Waals surface area contributed by atoms with Crippen LogP contribution in [-0.4, -0.2) is 54.9 Å². The number of likely N-dealkylation sites (tertiary alicyclic amines) is 2. The number of nitrogens with two attached hydrogens (primary N) is 1. The number of methoxy groups -OCH3 is 1. The molecular formula is C22H33N3O3. The lowest BCUT2D eigenvalue weighted by molar-refractivity contribution is -0.147. The van der Waals surface area contributed by atoms with Crippen LogP contribution in [0.5, 0.6) is 5.75 Å². The average Bonchev–Trinajstić information content (AvgIpc) is 3.21. The normalized spacial score (nSPS) is 25.2. The molecule has 6 heteroatoms. The Bertz CT molecular complexity index is 693. The molecule has 0 bridgehead atoms. The summed E-state index contributed by atoms with van der Waals surface area (Å²) < 4.78 is 5.60. The van der Waals surface area contributed by atoms with Crippen molar-refractivity contribution in [3.8, 4) is 5.75 Å². The van der Waals surface area contributed by atoms with E-state index in [0.717, 1.165) is 43.7 Å². The Morgan fingerprint density at radius 2 is 2.07 bits per heavy atom. The van der Waals surface area contributed by atoms with Gasteiger partial charge in [0.1, 0.15) is 5.75 Å². The van der Waals surface area contributed by atoms with Crippen molar-refractivity contribution in [3.63, 3.8) is 0 Å². The highest BCUT2D eigenvalue weighted by atomic mass is 16.5. The van der Waals surface area contributed by atoms with Crippen LogP contribution in [0.2, 0.25) is 0 Å². The van der Waals surface area contributed by atoms with E-state index in [1.54, 1.807) is 7.11 Å². The minimum atomic E-state index is -0.270. The molecule has 2 aliphatic rings. The lowest BCUT2D eigenvalue weighted by Gasteiger charge is -2.42. The minimum Gasteiger partial charge on any atom is -0.496 e. The zero-order chi connectivity index (χ0) is 20.1. The maximum Gasteiger partial charge on any atom is 0.228 e. The van der Waals surface area contributed by atoms with E-state index in [1.165, 1.54) is 0 Å². The van der Waals surface area contributed by atoms with Crippen LogP contribution in [0.4, 0.5) is 0 Å². The number of hydrogen-bond donors (Lipinski definition) is 1. The quantitative estimate of drug-likeness (QED) is 0.780. The predicted molar refractivity (Wildman–Crippen MR) is 109 cm³/mol. The van der Waals surface area contributed by atoms with Crippen LogP contribution in [0.15, 0.2) is 24.3 Å². The Labute approximate surface area is 168 Å². The number of hydrogen-bond acceptors (Lipinski definition) is 4. The van der Waals surface area contributed by atoms with Gasteiger partial charge in [-0.3, -0.25) is 9.59 Å². The number of nitrogens with zero attached hydrogens (tertiary/aromatic N) is 2. The average molecular weight is 388 g/mol. The number of amides is 2. The summed E-state index contributed by atoms with van der Waals surface area (Å²) in [6.07, 6.45) is 3.92. The fourth-order valence-corrected chi connectivity index (χ4v) is 4.56. The van der Waals surface area contributed by atoms with Gasteiger partial charge in [-0.05, 0) is 37.8 Å². The standard InChI is InChI=1S/C22H33N3O3/c1-3-4-12-25-20(26)10-9-18(22(27)24-13-11-16(14-23)15-24)21(25)17-7-5-6-8-19(17)28-2/h5-8,16,18,21H,3-4,9-15,23H2,1-2H3/t16-,18+,21+/m1/s1. The van der Waals surface area contributed by atoms with Crippen molar-refractivity contribution in [1.82, 2.24) is 9.80 Å². The lowest BCUT2D eigenvalue weighted by atomic mass is 9.82. The van der Waals surface area contributed by atoms with E-state index in [-0.39, 0.29) is 23.8 Å². The molecule has 2 heterocycles. The van der Waals surface area contributed by atoms with E-state index < -0.39 is 0 Å². The van der Waals surface area contributed by atoms with E-state index in [0.29, 0.717) is 31.8 Å². The summed E-state index contributed by atoms with van der Waals surface area (Å²) in [5.41, 5.74) is 6.75. The van der Waals surface area contributed by atoms with Crippen molar-refractivity contribution in [1.29, 1.82) is 0 Å². The van der Waals surface area contributed by atoms with Gasteiger partial charge in [-0.25, -0.2) is 0 Å². The maximum absolute atomic E-state index is 13.5. The van der Waals surface area contributed by atoms with Crippen LogP contribution >= 0.6 is 0 Å². The molecule has 1 aromatic carbocycles. The molecule has 3 rings (SSSR count). The van der Waals surface area contributed by atoms with Crippen molar-refractivity contribution in [2.75, 3.05) is 33.3 Å². The Morgan fingerprint density at radius 1 is 1.29 bits per heavy atom. The molecular weight excluding hydrogens is 354 g/mol. The first-order valence-electron chi connectivity index (χ1n) is 10.5. The van der Waals surface area contributed by atoms with Crippen molar-refractivity contribution in [2.24, 2.45) is 17.6 Å². The second-order valence-corrected chi connectivity index (χ2v) is 7.95. The van der Waals surface area contributed by atoms with Crippen molar-refractivity contribution in [2.45, 2.75) is 45.1 Å². The van der Waals surface area contributed by atoms with Crippen molar-refractivity contribution < 1.29 is 14.3 Å². The van der Waals surface area contributed by atoms with Crippen molar-refractivity contribution in [3.05, 3.63) is 29.8 Å². The zero-order valence-corrected chi connectivity index (χ0v) is 17.1. The van der Waals surface area contributed by atoms with Gasteiger partial charge in [-0.15, -0.1) is 0 Å². The van der Waals surface area contributed by atoms with Gasteiger partial charge in [-0.1, -0.05) is 31.5 Å². The molecule has 154 valence electrons. The first kappa shape index (κ1) is 20.6. The van der Waals surface area contributed by atoms with E-state index >= 15 is 0 Å². The highest BCUT2D eigenvalue weighted by Crippen LogP contribution is 2.42. The first-order valence-corrected chi connectivity index (χ1v) is 10.5. The second-order valence-electron chi connectivity index (χ2n) is 7.95. The Morgan fingerprint density at radius 3 is 2.75 bits per heavy atom. The fraction of sp³-hybridized carbons (Fsp3) is 0.636. The smallest absolute Gasteiger partial charge is 0.228 e. The maximum atomic E-state index is 13.5. The number of unbranched alkanes of at least 4 members (excludes halogenated alkanes) is 1. The summed E-state index contributed by atoms with van der Waals surface area (Å²) in [7, 11) is 1.64. The number of ether oxygens (including phenoxy) is 1. The van der Waals surface area contributed by atoms with E-state index in [9.17, 15) is 9.59 Å². The molecule has 0 radical (unpaired) electrons. The van der Waals surface area contributed by atoms with Crippen LogP contribution < -0.4 is 10.5 Å². The summed E-state index contributed by atoms with van der Waals surface area (Å²) in [4.78, 5) is 30.2. The lowest BCUT2D eigenvalue weighted by Crippen LogP contribution is -2.49. The molecule has 2 amide bonds. The van der Waals surface area contributed by atoms with Gasteiger partial charge < -0.3 is 20.3 Å². The Kier molecular flexibility index (Phi) is 6.94. The zero-order valence-electron chi connectivity index (χ0n) is 17.1. The number of benzene rings is 1. The molecule has 2 N–H and O–H groups in total. The van der Waals surface area contributed by atoms with Gasteiger partial charge in [0.05, 0.1) is 19.1 Å². The Hall–Kier alpha value is -2.08. The van der Waals surface area contributed by atoms with Crippen LogP contribution in [-0.2, 0) is 9.59 Å². The molecule has 0 unspecified atom stereocenters. The van der Waals surface area contributed by atoms with Crippen LogP contribution in [0, 0.1) is 11.8 Å². The van der Waals surface area contributed by atoms with Crippen LogP contribution in [0.3, 0.4) is 0 Å². The molecule has 0 aromatic heterocycles. The molecule has 2 saturated heterocycles. The minimum absolute atomic E-state index is 0.134. The first-order chi connectivity index (χ1) is 13.6. The highest BCUT2D eigenvalue weighted by molar-refractivity contribution is 5.85. The van der Waals surface area contributed by atoms with Gasteiger partial charge in [0, 0.05) is 31.6 Å². The van der Waals surface area contributed by atoms with Gasteiger partial charge in [0.15, 0.2) is 0 Å². The topological polar surface area (TPSA) is 75.9 Å². The van der Waals surface area contributed by atoms with Crippen molar-refractivity contribution >= 4 is 11.8 Å². The summed E-state index contributed by atoms with van der Waals surface area (Å²) in [6, 6.07) is 7.51. The SMILES string of the molecule is CCCCN1C(=O)CC[C@H](C(=O)N2CC[C@H](CN)C2)[C@@H]1c1ccccc1OC. The number of para-hydroxylation sites is 1. The van der Waals surface area contributed by atoms with E-state index in [4.69, 9.17) is 10.5 Å². The molecule has 0 saturated carbocycles. The summed E-state index contributed by atoms with van der Waals surface area (Å²) in [6.45, 7) is 4.90. The van der Waals surface area contributed by atoms with Gasteiger partial charge in [-0.2, -0.15) is 0 Å². The van der Waals surface area contributed by atoms with Gasteiger partial charge in [0.2, 0.25) is 11.8 Å². The third-order valence-corrected chi connectivity index (χ3v) is 6.16. The van der Waals surface area contributed by atoms with Gasteiger partial charge in [0.25, 0.3) is 0 Å². The summed E-state index contributed by atoms with van der Waals surface area (Å²) in [5.74, 6) is 1.18. The van der Waals surface area contributed by atoms with Gasteiger partial charge >= 0.3 is 0 Å². The van der Waals surface area contributed by atoms with E-state index in [1.807, 2.05) is 34.1 Å². The number of carbonyl (C=O) groups excluding carboxylic acids is 2. The molecule has 0 aliphatic carbocycles. The third-order valence-electron chi connectivity index (χ3n) is 6.16. The Balaban J connectivity index is 1.94. The molecule has 2 fully saturated rings. The number of carbonyl (C=O) groups is 2. The number of piperidine rings is 1. The molecule has 28 heavy (non-hydrogen) atoms. The summed E-state index contributed by atoms with van der Waals surface area (Å²) in [5, 5.41) is 0. The molecule has 3 atom stereocenters. The highest BCUT2D eigenvalue weighted by Gasteiger charge is 2.43. The molecule has 6 nitrogen and oxygen atoms in total. The number of rotatable bonds is 7. The third kappa shape index (κ3) is 4.17. The molecule has 1 aromatic rings. The predicted octanol–water partition coefficient (Wildman–Crippen LogP) is 2.58. The van der Waals surface area contributed by atoms with E-state index in [2.05, 4.69) is 6.92 Å². The largest absolute Gasteiger partial charge is 0.496 e. The van der Waals surface area contributed by atoms with Crippen LogP contribution in [0.25, 0.3) is 0 Å².